The highest BCUT2D eigenvalue weighted by atomic mass is 32.1. The van der Waals surface area contributed by atoms with Crippen LogP contribution in [0.4, 0.5) is 13.2 Å². The van der Waals surface area contributed by atoms with Gasteiger partial charge in [-0.1, -0.05) is 12.1 Å². The first-order chi connectivity index (χ1) is 16.7. The summed E-state index contributed by atoms with van der Waals surface area (Å²) in [5, 5.41) is 19.5. The summed E-state index contributed by atoms with van der Waals surface area (Å²) >= 11 is 1.38. The summed E-state index contributed by atoms with van der Waals surface area (Å²) in [5.41, 5.74) is 2.14. The second kappa shape index (κ2) is 9.83. The second-order valence-electron chi connectivity index (χ2n) is 8.03. The van der Waals surface area contributed by atoms with Gasteiger partial charge in [0.15, 0.2) is 0 Å². The molecule has 0 saturated carbocycles. The molecule has 182 valence electrons. The van der Waals surface area contributed by atoms with Crippen LogP contribution in [0.5, 0.6) is 0 Å². The van der Waals surface area contributed by atoms with Gasteiger partial charge in [0.05, 0.1) is 29.8 Å². The minimum Gasteiger partial charge on any atom is -0.349 e. The smallest absolute Gasteiger partial charge is 0.349 e. The molecule has 13 heteroatoms. The maximum Gasteiger partial charge on any atom is 0.451 e. The highest BCUT2D eigenvalue weighted by Crippen LogP contribution is 2.28. The topological polar surface area (TPSA) is 128 Å². The zero-order valence-corrected chi connectivity index (χ0v) is 19.3. The van der Waals surface area contributed by atoms with Gasteiger partial charge in [-0.15, -0.1) is 16.4 Å². The van der Waals surface area contributed by atoms with Gasteiger partial charge < -0.3 is 10.2 Å². The van der Waals surface area contributed by atoms with E-state index in [0.717, 1.165) is 11.3 Å². The van der Waals surface area contributed by atoms with Crippen molar-refractivity contribution in [2.45, 2.75) is 38.5 Å². The highest BCUT2D eigenvalue weighted by molar-refractivity contribution is 7.09. The molecule has 0 spiro atoms. The van der Waals surface area contributed by atoms with Crippen LogP contribution < -0.4 is 5.32 Å². The monoisotopic (exact) mass is 503 g/mol. The lowest BCUT2D eigenvalue weighted by Crippen LogP contribution is -2.51. The Labute approximate surface area is 202 Å². The number of likely N-dealkylation sites (tertiary alicyclic amines) is 1. The van der Waals surface area contributed by atoms with E-state index < -0.39 is 35.7 Å². The van der Waals surface area contributed by atoms with Crippen LogP contribution in [0, 0.1) is 17.2 Å². The van der Waals surface area contributed by atoms with Crippen molar-refractivity contribution >= 4 is 23.2 Å². The lowest BCUT2D eigenvalue weighted by atomic mass is 9.89. The Balaban J connectivity index is 1.37. The van der Waals surface area contributed by atoms with E-state index in [2.05, 4.69) is 26.5 Å². The number of thiazole rings is 1. The van der Waals surface area contributed by atoms with E-state index in [-0.39, 0.29) is 12.5 Å². The number of carbonyl (C=O) groups is 2. The zero-order valence-electron chi connectivity index (χ0n) is 18.5. The van der Waals surface area contributed by atoms with Crippen molar-refractivity contribution in [3.8, 4) is 17.3 Å². The lowest BCUT2D eigenvalue weighted by Gasteiger charge is -2.38. The van der Waals surface area contributed by atoms with Gasteiger partial charge in [0.1, 0.15) is 5.01 Å². The standard InChI is InChI=1S/C22H20F3N7O2S/c1-12-15(3-2-8-32(12)20(34)18-29-21(31-30-18)22(23,24)25)19(33)27-10-17-28-16(11-35-17)14-6-4-13(9-26)5-7-14/h4-7,11-12,15H,2-3,8,10H2,1H3,(H,27,33)(H,29,30,31)/t12-,15-/m0/s1. The Morgan fingerprint density at radius 1 is 1.29 bits per heavy atom. The molecule has 2 amide bonds. The Morgan fingerprint density at radius 3 is 2.69 bits per heavy atom. The molecule has 1 aromatic carbocycles. The fourth-order valence-electron chi connectivity index (χ4n) is 3.93. The molecule has 1 saturated heterocycles. The van der Waals surface area contributed by atoms with Crippen LogP contribution in [0.3, 0.4) is 0 Å². The van der Waals surface area contributed by atoms with E-state index in [1.807, 2.05) is 5.38 Å². The van der Waals surface area contributed by atoms with E-state index in [0.29, 0.717) is 30.0 Å². The minimum atomic E-state index is -4.74. The first-order valence-corrected chi connectivity index (χ1v) is 11.6. The first-order valence-electron chi connectivity index (χ1n) is 10.7. The van der Waals surface area contributed by atoms with Crippen molar-refractivity contribution in [3.63, 3.8) is 0 Å². The van der Waals surface area contributed by atoms with Crippen molar-refractivity contribution in [2.24, 2.45) is 5.92 Å². The van der Waals surface area contributed by atoms with E-state index in [9.17, 15) is 22.8 Å². The summed E-state index contributed by atoms with van der Waals surface area (Å²) in [6, 6.07) is 8.53. The van der Waals surface area contributed by atoms with Gasteiger partial charge in [-0.05, 0) is 31.9 Å². The van der Waals surface area contributed by atoms with E-state index >= 15 is 0 Å². The first kappa shape index (κ1) is 24.3. The molecular weight excluding hydrogens is 483 g/mol. The third-order valence-electron chi connectivity index (χ3n) is 5.81. The number of halogens is 3. The van der Waals surface area contributed by atoms with Gasteiger partial charge in [0.25, 0.3) is 5.91 Å². The number of alkyl halides is 3. The number of nitrogens with one attached hydrogen (secondary N) is 2. The van der Waals surface area contributed by atoms with Gasteiger partial charge in [0, 0.05) is 23.5 Å². The maximum atomic E-state index is 12.9. The quantitative estimate of drug-likeness (QED) is 0.550. The maximum absolute atomic E-state index is 12.9. The SMILES string of the molecule is C[C@H]1[C@@H](C(=O)NCc2nc(-c3ccc(C#N)cc3)cs2)CCCN1C(=O)c1n[nH]c(C(F)(F)F)n1. The Hall–Kier alpha value is -3.79. The molecule has 35 heavy (non-hydrogen) atoms. The number of piperidine rings is 1. The molecule has 2 N–H and O–H groups in total. The van der Waals surface area contributed by atoms with Crippen LogP contribution in [0.15, 0.2) is 29.6 Å². The van der Waals surface area contributed by atoms with Crippen LogP contribution in [-0.4, -0.2) is 49.5 Å². The normalized spacial score (nSPS) is 18.2. The summed E-state index contributed by atoms with van der Waals surface area (Å²) < 4.78 is 38.3. The number of aromatic nitrogens is 4. The highest BCUT2D eigenvalue weighted by Gasteiger charge is 2.39. The zero-order chi connectivity index (χ0) is 25.2. The molecule has 3 heterocycles. The number of hydrogen-bond donors (Lipinski definition) is 2. The Kier molecular flexibility index (Phi) is 6.83. The van der Waals surface area contributed by atoms with Crippen molar-refractivity contribution in [1.29, 1.82) is 5.26 Å². The molecule has 2 atom stereocenters. The summed E-state index contributed by atoms with van der Waals surface area (Å²) in [6.45, 7) is 2.18. The van der Waals surface area contributed by atoms with Gasteiger partial charge in [-0.3, -0.25) is 14.7 Å². The fourth-order valence-corrected chi connectivity index (χ4v) is 4.67. The third-order valence-corrected chi connectivity index (χ3v) is 6.66. The van der Waals surface area contributed by atoms with Crippen LogP contribution in [0.25, 0.3) is 11.3 Å². The number of carbonyl (C=O) groups excluding carboxylic acids is 2. The van der Waals surface area contributed by atoms with Crippen molar-refractivity contribution in [2.75, 3.05) is 6.54 Å². The van der Waals surface area contributed by atoms with Gasteiger partial charge >= 0.3 is 6.18 Å². The van der Waals surface area contributed by atoms with Crippen LogP contribution >= 0.6 is 11.3 Å². The van der Waals surface area contributed by atoms with E-state index in [4.69, 9.17) is 5.26 Å². The van der Waals surface area contributed by atoms with Crippen LogP contribution in [0.1, 0.15) is 46.8 Å². The average Bonchev–Trinajstić information content (AvgIpc) is 3.52. The molecule has 1 fully saturated rings. The number of nitriles is 1. The number of benzene rings is 1. The predicted octanol–water partition coefficient (Wildman–Crippen LogP) is 3.38. The lowest BCUT2D eigenvalue weighted by molar-refractivity contribution is -0.144. The fraction of sp³-hybridized carbons (Fsp3) is 0.364. The van der Waals surface area contributed by atoms with Crippen LogP contribution in [-0.2, 0) is 17.5 Å². The number of hydrogen-bond acceptors (Lipinski definition) is 7. The molecule has 0 radical (unpaired) electrons. The molecular formula is C22H20F3N7O2S. The molecule has 1 aliphatic rings. The van der Waals surface area contributed by atoms with Crippen LogP contribution in [0.2, 0.25) is 0 Å². The van der Waals surface area contributed by atoms with E-state index in [1.165, 1.54) is 16.2 Å². The molecule has 0 aliphatic carbocycles. The molecule has 9 nitrogen and oxygen atoms in total. The number of H-pyrrole nitrogens is 1. The molecule has 0 unspecified atom stereocenters. The number of nitrogens with zero attached hydrogens (tertiary/aromatic N) is 5. The molecule has 2 aromatic heterocycles. The number of aromatic amines is 1. The summed E-state index contributed by atoms with van der Waals surface area (Å²) in [4.78, 5) is 34.7. The number of rotatable bonds is 5. The van der Waals surface area contributed by atoms with Gasteiger partial charge in [-0.2, -0.15) is 23.4 Å². The second-order valence-corrected chi connectivity index (χ2v) is 8.97. The summed E-state index contributed by atoms with van der Waals surface area (Å²) in [6.07, 6.45) is -3.69. The van der Waals surface area contributed by atoms with Crippen molar-refractivity contribution < 1.29 is 22.8 Å². The average molecular weight is 504 g/mol. The largest absolute Gasteiger partial charge is 0.451 e. The molecule has 4 rings (SSSR count). The third kappa shape index (κ3) is 5.32. The molecule has 1 aliphatic heterocycles. The van der Waals surface area contributed by atoms with E-state index in [1.54, 1.807) is 36.3 Å². The molecule has 0 bridgehead atoms. The Morgan fingerprint density at radius 2 is 2.03 bits per heavy atom. The van der Waals surface area contributed by atoms with Gasteiger partial charge in [0.2, 0.25) is 17.6 Å². The van der Waals surface area contributed by atoms with Gasteiger partial charge in [-0.25, -0.2) is 4.98 Å². The number of amides is 2. The minimum absolute atomic E-state index is 0.201. The summed E-state index contributed by atoms with van der Waals surface area (Å²) in [7, 11) is 0. The van der Waals surface area contributed by atoms with Crippen molar-refractivity contribution in [1.82, 2.24) is 30.4 Å². The predicted molar refractivity (Wildman–Crippen MR) is 119 cm³/mol. The summed E-state index contributed by atoms with van der Waals surface area (Å²) in [5.74, 6) is -3.48. The molecule has 3 aromatic rings. The van der Waals surface area contributed by atoms with Crippen molar-refractivity contribution in [3.05, 3.63) is 51.9 Å². The Bertz CT molecular complexity index is 1260.